The number of ether oxygens (including phenoxy) is 10. The first-order valence-electron chi connectivity index (χ1n) is 19.1. The SMILES string of the molecule is CC(=O)N[C@@H]1[C@H](O[C@H]2[C@@H]3O[C@@H]4[C@@H](O)[C@H](C)O[C@@H](O[C@@H]5[C@@H](O)[C@H](C)O[C@H](O[C@H]6[C@H](O)[C@@H](NC(C)=O)[C@H](O[C@@H]2[C@@H](O)[C@H](C)O3)O[C@@H]6CO)[C@@H]5O)[C@@H]4O)O[C@H](CO)[C@@H](O)[C@@H]1O. The van der Waals surface area contributed by atoms with Crippen LogP contribution in [0.5, 0.6) is 0 Å². The smallest absolute Gasteiger partial charge is 0.217 e. The van der Waals surface area contributed by atoms with Crippen LogP contribution in [0.1, 0.15) is 34.6 Å². The Hall–Kier alpha value is -1.86. The van der Waals surface area contributed by atoms with E-state index in [0.29, 0.717) is 0 Å². The van der Waals surface area contributed by atoms with E-state index in [4.69, 9.17) is 47.4 Å². The number of carbonyl (C=O) groups is 2. The third-order valence-corrected chi connectivity index (χ3v) is 11.3. The molecule has 334 valence electrons. The number of amides is 2. The molecule has 25 atom stereocenters. The van der Waals surface area contributed by atoms with Gasteiger partial charge in [0.05, 0.1) is 31.5 Å². The topological polar surface area (TPSA) is 353 Å². The molecule has 0 aliphatic carbocycles. The van der Waals surface area contributed by atoms with E-state index in [1.807, 2.05) is 0 Å². The van der Waals surface area contributed by atoms with Gasteiger partial charge in [-0.2, -0.15) is 0 Å². The van der Waals surface area contributed by atoms with Crippen molar-refractivity contribution in [3.8, 4) is 0 Å². The number of hydrogen-bond acceptors (Lipinski definition) is 22. The lowest BCUT2D eigenvalue weighted by molar-refractivity contribution is -0.395. The Labute approximate surface area is 331 Å². The van der Waals surface area contributed by atoms with Gasteiger partial charge in [-0.1, -0.05) is 0 Å². The number of fused-ring (bicyclic) bond motifs is 2. The van der Waals surface area contributed by atoms with Crippen LogP contribution in [-0.2, 0) is 57.0 Å². The van der Waals surface area contributed by atoms with Crippen LogP contribution in [0, 0.1) is 0 Å². The summed E-state index contributed by atoms with van der Waals surface area (Å²) in [6, 6.07) is -3.11. The second-order valence-electron chi connectivity index (χ2n) is 15.5. The predicted molar refractivity (Wildman–Crippen MR) is 182 cm³/mol. The molecule has 24 nitrogen and oxygen atoms in total. The summed E-state index contributed by atoms with van der Waals surface area (Å²) in [6.45, 7) is 4.75. The minimum atomic E-state index is -1.91. The molecule has 12 N–H and O–H groups in total. The third-order valence-electron chi connectivity index (χ3n) is 11.3. The molecule has 0 saturated carbocycles. The fourth-order valence-electron chi connectivity index (χ4n) is 8.04. The summed E-state index contributed by atoms with van der Waals surface area (Å²) in [5.41, 5.74) is 0. The van der Waals surface area contributed by atoms with E-state index < -0.39 is 178 Å². The van der Waals surface area contributed by atoms with E-state index in [-0.39, 0.29) is 0 Å². The molecule has 7 heterocycles. The summed E-state index contributed by atoms with van der Waals surface area (Å²) in [5, 5.41) is 116. The van der Waals surface area contributed by atoms with Crippen molar-refractivity contribution >= 4 is 11.8 Å². The monoisotopic (exact) mass is 844 g/mol. The highest BCUT2D eigenvalue weighted by Crippen LogP contribution is 2.38. The summed E-state index contributed by atoms with van der Waals surface area (Å²) in [6.07, 6.45) is -37.8. The average molecular weight is 845 g/mol. The van der Waals surface area contributed by atoms with E-state index in [2.05, 4.69) is 10.6 Å². The molecule has 0 aromatic rings. The summed E-state index contributed by atoms with van der Waals surface area (Å²) < 4.78 is 60.2. The maximum Gasteiger partial charge on any atom is 0.217 e. The van der Waals surface area contributed by atoms with Crippen molar-refractivity contribution in [1.29, 1.82) is 0 Å². The summed E-state index contributed by atoms with van der Waals surface area (Å²) in [7, 11) is 0. The first kappa shape index (κ1) is 45.7. The molecule has 0 radical (unpaired) electrons. The molecule has 2 amide bonds. The van der Waals surface area contributed by atoms with Gasteiger partial charge in [0.25, 0.3) is 0 Å². The first-order valence-corrected chi connectivity index (χ1v) is 19.1. The van der Waals surface area contributed by atoms with Gasteiger partial charge in [-0.15, -0.1) is 0 Å². The summed E-state index contributed by atoms with van der Waals surface area (Å²) in [5.74, 6) is -1.41. The van der Waals surface area contributed by atoms with Gasteiger partial charge < -0.3 is 109 Å². The van der Waals surface area contributed by atoms with E-state index in [0.717, 1.165) is 13.8 Å². The normalized spacial score (nSPS) is 52.6. The lowest BCUT2D eigenvalue weighted by Gasteiger charge is -2.51. The fraction of sp³-hybridized carbons (Fsp3) is 0.941. The van der Waals surface area contributed by atoms with Crippen molar-refractivity contribution in [2.45, 2.75) is 188 Å². The minimum absolute atomic E-state index is 0.704. The summed E-state index contributed by atoms with van der Waals surface area (Å²) in [4.78, 5) is 24.8. The number of aliphatic hydroxyl groups excluding tert-OH is 10. The van der Waals surface area contributed by atoms with E-state index >= 15 is 0 Å². The van der Waals surface area contributed by atoms with Crippen molar-refractivity contribution < 1.29 is 108 Å². The Morgan fingerprint density at radius 2 is 0.914 bits per heavy atom. The molecule has 0 aromatic carbocycles. The molecule has 8 bridgehead atoms. The molecule has 7 fully saturated rings. The zero-order valence-corrected chi connectivity index (χ0v) is 32.2. The second kappa shape index (κ2) is 18.6. The van der Waals surface area contributed by atoms with Gasteiger partial charge in [-0.3, -0.25) is 9.59 Å². The van der Waals surface area contributed by atoms with Crippen LogP contribution >= 0.6 is 0 Å². The lowest BCUT2D eigenvalue weighted by atomic mass is 9.94. The van der Waals surface area contributed by atoms with Crippen LogP contribution in [-0.4, -0.2) is 229 Å². The van der Waals surface area contributed by atoms with E-state index in [1.54, 1.807) is 0 Å². The van der Waals surface area contributed by atoms with Crippen molar-refractivity contribution in [3.63, 3.8) is 0 Å². The molecular weight excluding hydrogens is 788 g/mol. The molecule has 7 aliphatic heterocycles. The van der Waals surface area contributed by atoms with Gasteiger partial charge in [0.1, 0.15) is 104 Å². The van der Waals surface area contributed by atoms with Gasteiger partial charge in [-0.25, -0.2) is 0 Å². The first-order chi connectivity index (χ1) is 27.4. The number of nitrogens with one attached hydrogen (secondary N) is 2. The molecule has 7 aliphatic rings. The van der Waals surface area contributed by atoms with E-state index in [9.17, 15) is 60.7 Å². The third kappa shape index (κ3) is 9.03. The lowest BCUT2D eigenvalue weighted by Crippen LogP contribution is -2.70. The molecule has 0 unspecified atom stereocenters. The van der Waals surface area contributed by atoms with Crippen molar-refractivity contribution in [3.05, 3.63) is 0 Å². The highest BCUT2D eigenvalue weighted by molar-refractivity contribution is 5.73. The maximum atomic E-state index is 12.6. The minimum Gasteiger partial charge on any atom is -0.394 e. The number of rotatable bonds is 6. The van der Waals surface area contributed by atoms with Gasteiger partial charge in [-0.05, 0) is 20.8 Å². The van der Waals surface area contributed by atoms with Crippen molar-refractivity contribution in [1.82, 2.24) is 10.6 Å². The van der Waals surface area contributed by atoms with Gasteiger partial charge >= 0.3 is 0 Å². The van der Waals surface area contributed by atoms with Crippen molar-refractivity contribution in [2.75, 3.05) is 13.2 Å². The largest absolute Gasteiger partial charge is 0.394 e. The van der Waals surface area contributed by atoms with Gasteiger partial charge in [0.15, 0.2) is 31.5 Å². The molecule has 0 spiro atoms. The summed E-state index contributed by atoms with van der Waals surface area (Å²) >= 11 is 0. The highest BCUT2D eigenvalue weighted by atomic mass is 16.8. The van der Waals surface area contributed by atoms with Crippen LogP contribution in [0.2, 0.25) is 0 Å². The fourth-order valence-corrected chi connectivity index (χ4v) is 8.04. The Bertz CT molecular complexity index is 1400. The Morgan fingerprint density at radius 1 is 0.466 bits per heavy atom. The second-order valence-corrected chi connectivity index (χ2v) is 15.5. The number of hydrogen-bond donors (Lipinski definition) is 12. The van der Waals surface area contributed by atoms with Gasteiger partial charge in [0, 0.05) is 13.8 Å². The van der Waals surface area contributed by atoms with Crippen LogP contribution in [0.25, 0.3) is 0 Å². The predicted octanol–water partition coefficient (Wildman–Crippen LogP) is -7.51. The van der Waals surface area contributed by atoms with E-state index in [1.165, 1.54) is 20.8 Å². The standard InChI is InChI=1S/C34H56N2O22/c1-8-17(41)26-23(47)32(49-8)54-25-14(7-38)53-31(16(22(25)46)36-12(5)40)57-28-19(43)10(3)51-34(56-27-18(42)9(2)50-33(55-26)24(27)48)29(28)58-30-15(35-11(4)39)21(45)20(44)13(6-37)52-30/h8-10,13-34,37-38,41-48H,6-7H2,1-5H3,(H,35,39)(H,36,40)/t8-,9-,10-,13+,14+,15-,16+,17-,18-,19-,20+,21+,22+,23+,24+,25+,26+,27+,28+,29+,30-,31-,32+,33-,34-/m0/s1. The number of carbonyl (C=O) groups excluding carboxylic acids is 2. The Balaban J connectivity index is 1.47. The zero-order valence-electron chi connectivity index (χ0n) is 32.2. The van der Waals surface area contributed by atoms with Crippen molar-refractivity contribution in [2.24, 2.45) is 0 Å². The molecular formula is C34H56N2O22. The molecule has 0 aromatic heterocycles. The van der Waals surface area contributed by atoms with Crippen LogP contribution in [0.15, 0.2) is 0 Å². The Kier molecular flexibility index (Phi) is 14.7. The maximum absolute atomic E-state index is 12.6. The highest BCUT2D eigenvalue weighted by Gasteiger charge is 2.58. The van der Waals surface area contributed by atoms with Crippen LogP contribution < -0.4 is 10.6 Å². The average Bonchev–Trinajstić information content (AvgIpc) is 3.17. The van der Waals surface area contributed by atoms with Crippen LogP contribution in [0.4, 0.5) is 0 Å². The molecule has 24 heteroatoms. The number of aliphatic hydroxyl groups is 10. The quantitative estimate of drug-likeness (QED) is 0.118. The Morgan fingerprint density at radius 3 is 1.43 bits per heavy atom. The van der Waals surface area contributed by atoms with Gasteiger partial charge in [0.2, 0.25) is 11.8 Å². The molecule has 7 rings (SSSR count). The zero-order chi connectivity index (χ0) is 42.5. The molecule has 7 saturated heterocycles. The molecule has 58 heavy (non-hydrogen) atoms. The van der Waals surface area contributed by atoms with Crippen LogP contribution in [0.3, 0.4) is 0 Å².